The van der Waals surface area contributed by atoms with E-state index in [0.29, 0.717) is 22.0 Å². The van der Waals surface area contributed by atoms with Crippen LogP contribution in [0.4, 0.5) is 11.4 Å². The molecule has 0 spiro atoms. The Bertz CT molecular complexity index is 471. The molecule has 1 aromatic heterocycles. The average molecular weight is 328 g/mol. The molecule has 2 atom stereocenters. The maximum atomic E-state index is 11.0. The fourth-order valence-electron chi connectivity index (χ4n) is 2.98. The molecule has 19 heavy (non-hydrogen) atoms. The second-order valence-corrected chi connectivity index (χ2v) is 6.39. The Morgan fingerprint density at radius 3 is 2.53 bits per heavy atom. The lowest BCUT2D eigenvalue weighted by Gasteiger charge is -2.32. The largest absolute Gasteiger partial charge is 0.376 e. The van der Waals surface area contributed by atoms with E-state index < -0.39 is 4.92 Å². The third kappa shape index (κ3) is 3.43. The first-order valence-corrected chi connectivity index (χ1v) is 7.31. The molecule has 1 fully saturated rings. The van der Waals surface area contributed by atoms with Crippen molar-refractivity contribution >= 4 is 27.3 Å². The number of rotatable bonds is 3. The summed E-state index contributed by atoms with van der Waals surface area (Å²) in [5.74, 6) is 1.31. The van der Waals surface area contributed by atoms with Gasteiger partial charge >= 0.3 is 5.69 Å². The quantitative estimate of drug-likeness (QED) is 0.673. The van der Waals surface area contributed by atoms with Gasteiger partial charge in [0.15, 0.2) is 0 Å². The SMILES string of the molecule is CC1CC(C)CC(Nc2c(Br)cncc2[N+](=O)[O-])C1. The van der Waals surface area contributed by atoms with Gasteiger partial charge < -0.3 is 5.32 Å². The lowest BCUT2D eigenvalue weighted by atomic mass is 9.80. The van der Waals surface area contributed by atoms with E-state index in [1.807, 2.05) is 0 Å². The smallest absolute Gasteiger partial charge is 0.311 e. The van der Waals surface area contributed by atoms with Crippen molar-refractivity contribution in [2.24, 2.45) is 11.8 Å². The molecule has 2 unspecified atom stereocenters. The molecule has 1 saturated carbocycles. The lowest BCUT2D eigenvalue weighted by molar-refractivity contribution is -0.384. The summed E-state index contributed by atoms with van der Waals surface area (Å²) in [6.07, 6.45) is 6.22. The number of halogens is 1. The zero-order valence-corrected chi connectivity index (χ0v) is 12.7. The molecular formula is C13H18BrN3O2. The molecule has 1 aliphatic carbocycles. The van der Waals surface area contributed by atoms with Crippen LogP contribution in [-0.2, 0) is 0 Å². The maximum absolute atomic E-state index is 11.0. The molecule has 1 heterocycles. The number of aromatic nitrogens is 1. The first kappa shape index (κ1) is 14.2. The van der Waals surface area contributed by atoms with E-state index in [0.717, 1.165) is 12.8 Å². The van der Waals surface area contributed by atoms with E-state index in [1.165, 1.54) is 12.6 Å². The summed E-state index contributed by atoms with van der Waals surface area (Å²) in [7, 11) is 0. The third-order valence-corrected chi connectivity index (χ3v) is 4.20. The zero-order valence-electron chi connectivity index (χ0n) is 11.1. The summed E-state index contributed by atoms with van der Waals surface area (Å²) < 4.78 is 0.646. The fourth-order valence-corrected chi connectivity index (χ4v) is 3.41. The van der Waals surface area contributed by atoms with Gasteiger partial charge in [0.2, 0.25) is 0 Å². The molecule has 0 radical (unpaired) electrons. The van der Waals surface area contributed by atoms with Crippen LogP contribution in [0.5, 0.6) is 0 Å². The summed E-state index contributed by atoms with van der Waals surface area (Å²) in [5, 5.41) is 14.4. The van der Waals surface area contributed by atoms with Crippen molar-refractivity contribution in [3.05, 3.63) is 27.0 Å². The molecule has 5 nitrogen and oxygen atoms in total. The van der Waals surface area contributed by atoms with E-state index in [-0.39, 0.29) is 11.7 Å². The lowest BCUT2D eigenvalue weighted by Crippen LogP contribution is -2.30. The molecule has 0 aliphatic heterocycles. The number of hydrogen-bond acceptors (Lipinski definition) is 4. The fraction of sp³-hybridized carbons (Fsp3) is 0.615. The summed E-state index contributed by atoms with van der Waals surface area (Å²) in [5.41, 5.74) is 0.576. The summed E-state index contributed by atoms with van der Waals surface area (Å²) in [6, 6.07) is 0.288. The van der Waals surface area contributed by atoms with Gasteiger partial charge in [-0.3, -0.25) is 15.1 Å². The monoisotopic (exact) mass is 327 g/mol. The van der Waals surface area contributed by atoms with Crippen molar-refractivity contribution in [3.8, 4) is 0 Å². The number of nitrogens with one attached hydrogen (secondary N) is 1. The van der Waals surface area contributed by atoms with Gasteiger partial charge in [0.05, 0.1) is 9.40 Å². The van der Waals surface area contributed by atoms with Crippen LogP contribution in [0.3, 0.4) is 0 Å². The minimum atomic E-state index is -0.393. The second kappa shape index (κ2) is 5.86. The highest BCUT2D eigenvalue weighted by molar-refractivity contribution is 9.10. The molecule has 0 bridgehead atoms. The topological polar surface area (TPSA) is 68.1 Å². The van der Waals surface area contributed by atoms with E-state index in [2.05, 4.69) is 40.1 Å². The molecular weight excluding hydrogens is 310 g/mol. The number of nitrogens with zero attached hydrogens (tertiary/aromatic N) is 2. The summed E-state index contributed by atoms with van der Waals surface area (Å²) in [4.78, 5) is 14.5. The van der Waals surface area contributed by atoms with Crippen molar-refractivity contribution in [1.29, 1.82) is 0 Å². The zero-order chi connectivity index (χ0) is 14.0. The van der Waals surface area contributed by atoms with E-state index in [1.54, 1.807) is 6.20 Å². The summed E-state index contributed by atoms with van der Waals surface area (Å²) in [6.45, 7) is 4.47. The first-order valence-electron chi connectivity index (χ1n) is 6.51. The minimum Gasteiger partial charge on any atom is -0.376 e. The second-order valence-electron chi connectivity index (χ2n) is 5.53. The van der Waals surface area contributed by atoms with Gasteiger partial charge in [-0.15, -0.1) is 0 Å². The van der Waals surface area contributed by atoms with Crippen molar-refractivity contribution in [3.63, 3.8) is 0 Å². The Hall–Kier alpha value is -1.17. The van der Waals surface area contributed by atoms with E-state index in [4.69, 9.17) is 0 Å². The van der Waals surface area contributed by atoms with Gasteiger partial charge in [0.25, 0.3) is 0 Å². The maximum Gasteiger partial charge on any atom is 0.311 e. The van der Waals surface area contributed by atoms with Gasteiger partial charge in [-0.25, -0.2) is 0 Å². The molecule has 1 aromatic rings. The van der Waals surface area contributed by atoms with Crippen molar-refractivity contribution < 1.29 is 4.92 Å². The molecule has 0 amide bonds. The minimum absolute atomic E-state index is 0.0280. The van der Waals surface area contributed by atoms with Crippen LogP contribution in [0, 0.1) is 22.0 Å². The number of hydrogen-bond donors (Lipinski definition) is 1. The van der Waals surface area contributed by atoms with Crippen LogP contribution in [0.15, 0.2) is 16.9 Å². The molecule has 6 heteroatoms. The third-order valence-electron chi connectivity index (χ3n) is 3.60. The molecule has 1 aliphatic rings. The van der Waals surface area contributed by atoms with E-state index in [9.17, 15) is 10.1 Å². The average Bonchev–Trinajstić information content (AvgIpc) is 2.30. The Balaban J connectivity index is 2.21. The van der Waals surface area contributed by atoms with E-state index >= 15 is 0 Å². The van der Waals surface area contributed by atoms with Crippen LogP contribution in [-0.4, -0.2) is 15.9 Å². The van der Waals surface area contributed by atoms with Crippen LogP contribution in [0.25, 0.3) is 0 Å². The Morgan fingerprint density at radius 1 is 1.32 bits per heavy atom. The molecule has 0 aromatic carbocycles. The highest BCUT2D eigenvalue weighted by atomic mass is 79.9. The number of nitro groups is 1. The normalized spacial score (nSPS) is 27.0. The first-order chi connectivity index (χ1) is 8.97. The van der Waals surface area contributed by atoms with Crippen molar-refractivity contribution in [2.75, 3.05) is 5.32 Å². The van der Waals surface area contributed by atoms with Crippen molar-refractivity contribution in [1.82, 2.24) is 4.98 Å². The molecule has 2 rings (SSSR count). The Morgan fingerprint density at radius 2 is 1.95 bits per heavy atom. The highest BCUT2D eigenvalue weighted by Crippen LogP contribution is 2.36. The number of pyridine rings is 1. The Kier molecular flexibility index (Phi) is 4.39. The van der Waals surface area contributed by atoms with Crippen molar-refractivity contribution in [2.45, 2.75) is 39.2 Å². The van der Waals surface area contributed by atoms with Gasteiger partial charge in [-0.05, 0) is 47.0 Å². The van der Waals surface area contributed by atoms with Gasteiger partial charge in [0.1, 0.15) is 11.9 Å². The number of anilines is 1. The molecule has 104 valence electrons. The predicted molar refractivity (Wildman–Crippen MR) is 78.2 cm³/mol. The summed E-state index contributed by atoms with van der Waals surface area (Å²) >= 11 is 3.34. The van der Waals surface area contributed by atoms with Gasteiger partial charge in [0, 0.05) is 12.2 Å². The van der Waals surface area contributed by atoms with Gasteiger partial charge in [-0.2, -0.15) is 0 Å². The van der Waals surface area contributed by atoms with Gasteiger partial charge in [-0.1, -0.05) is 13.8 Å². The molecule has 0 saturated heterocycles. The van der Waals surface area contributed by atoms with Crippen LogP contribution in [0.1, 0.15) is 33.1 Å². The van der Waals surface area contributed by atoms with Crippen LogP contribution < -0.4 is 5.32 Å². The standard InChI is InChI=1S/C13H18BrN3O2/c1-8-3-9(2)5-10(4-8)16-13-11(14)6-15-7-12(13)17(18)19/h6-10H,3-5H2,1-2H3,(H,15,16). The van der Waals surface area contributed by atoms with Crippen LogP contribution in [0.2, 0.25) is 0 Å². The molecule has 1 N–H and O–H groups in total. The van der Waals surface area contributed by atoms with Crippen LogP contribution >= 0.6 is 15.9 Å². The Labute approximate surface area is 121 Å². The highest BCUT2D eigenvalue weighted by Gasteiger charge is 2.26. The predicted octanol–water partition coefficient (Wildman–Crippen LogP) is 3.99.